The van der Waals surface area contributed by atoms with Gasteiger partial charge < -0.3 is 0 Å². The lowest BCUT2D eigenvalue weighted by atomic mass is 10.1. The minimum Gasteiger partial charge on any atom is -0.207 e. The zero-order chi connectivity index (χ0) is 14.9. The lowest BCUT2D eigenvalue weighted by molar-refractivity contribution is 0.541. The first-order valence-corrected chi connectivity index (χ1v) is 8.61. The van der Waals surface area contributed by atoms with E-state index in [1.54, 1.807) is 6.07 Å². The van der Waals surface area contributed by atoms with Gasteiger partial charge in [0.1, 0.15) is 15.8 Å². The Labute approximate surface area is 127 Å². The molecule has 20 heavy (non-hydrogen) atoms. The van der Waals surface area contributed by atoms with Crippen molar-refractivity contribution in [3.8, 4) is 0 Å². The van der Waals surface area contributed by atoms with Crippen molar-refractivity contribution in [2.75, 3.05) is 0 Å². The molecule has 0 saturated carbocycles. The predicted molar refractivity (Wildman–Crippen MR) is 77.1 cm³/mol. The normalized spacial score (nSPS) is 13.4. The summed E-state index contributed by atoms with van der Waals surface area (Å²) in [5.41, 5.74) is 0.0885. The highest BCUT2D eigenvalue weighted by Crippen LogP contribution is 2.27. The minimum absolute atomic E-state index is 0.0885. The molecule has 0 aliphatic rings. The molecule has 1 atom stereocenters. The lowest BCUT2D eigenvalue weighted by Gasteiger charge is -2.14. The summed E-state index contributed by atoms with van der Waals surface area (Å²) in [5.74, 6) is -1.49. The van der Waals surface area contributed by atoms with Gasteiger partial charge in [0.2, 0.25) is 0 Å². The van der Waals surface area contributed by atoms with Crippen LogP contribution in [0.2, 0.25) is 0 Å². The fourth-order valence-corrected chi connectivity index (χ4v) is 4.90. The van der Waals surface area contributed by atoms with Crippen LogP contribution in [0.15, 0.2) is 38.3 Å². The summed E-state index contributed by atoms with van der Waals surface area (Å²) in [6.45, 7) is 1.50. The van der Waals surface area contributed by atoms with Gasteiger partial charge in [-0.15, -0.1) is 11.3 Å². The zero-order valence-electron chi connectivity index (χ0n) is 10.2. The Bertz CT molecular complexity index is 731. The van der Waals surface area contributed by atoms with Crippen LogP contribution in [-0.4, -0.2) is 8.42 Å². The Hall–Kier alpha value is -0.830. The third-order valence-electron chi connectivity index (χ3n) is 2.57. The monoisotopic (exact) mass is 381 g/mol. The van der Waals surface area contributed by atoms with E-state index in [9.17, 15) is 17.2 Å². The minimum atomic E-state index is -3.74. The van der Waals surface area contributed by atoms with Crippen molar-refractivity contribution in [1.29, 1.82) is 0 Å². The van der Waals surface area contributed by atoms with Crippen LogP contribution in [0.1, 0.15) is 18.5 Å². The molecule has 0 amide bonds. The standard InChI is InChI=1S/C12H10BrF2NO2S2/c1-7(9-3-2-8(14)6-10(9)15)16-20(17,18)12-5-4-11(13)19-12/h2-7,16H,1H3/t7-/m0/s1. The van der Waals surface area contributed by atoms with E-state index in [1.807, 2.05) is 0 Å². The molecule has 2 rings (SSSR count). The van der Waals surface area contributed by atoms with Gasteiger partial charge >= 0.3 is 0 Å². The maximum atomic E-state index is 13.6. The van der Waals surface area contributed by atoms with E-state index in [0.717, 1.165) is 23.5 Å². The molecule has 0 aliphatic carbocycles. The molecular formula is C12H10BrF2NO2S2. The molecule has 0 spiro atoms. The third kappa shape index (κ3) is 3.43. The molecule has 1 aromatic heterocycles. The highest BCUT2D eigenvalue weighted by atomic mass is 79.9. The fourth-order valence-electron chi connectivity index (χ4n) is 1.65. The second-order valence-corrected chi connectivity index (χ2v) is 8.47. The maximum Gasteiger partial charge on any atom is 0.250 e. The maximum absolute atomic E-state index is 13.6. The first-order chi connectivity index (χ1) is 9.29. The molecular weight excluding hydrogens is 372 g/mol. The van der Waals surface area contributed by atoms with Gasteiger partial charge in [-0.25, -0.2) is 21.9 Å². The summed E-state index contributed by atoms with van der Waals surface area (Å²) in [6, 6.07) is 5.30. The molecule has 3 nitrogen and oxygen atoms in total. The number of benzene rings is 1. The van der Waals surface area contributed by atoms with E-state index in [-0.39, 0.29) is 9.77 Å². The summed E-state index contributed by atoms with van der Waals surface area (Å²) in [6.07, 6.45) is 0. The van der Waals surface area contributed by atoms with Crippen molar-refractivity contribution >= 4 is 37.3 Å². The molecule has 2 aromatic rings. The average molecular weight is 382 g/mol. The SMILES string of the molecule is C[C@H](NS(=O)(=O)c1ccc(Br)s1)c1ccc(F)cc1F. The number of rotatable bonds is 4. The lowest BCUT2D eigenvalue weighted by Crippen LogP contribution is -2.26. The van der Waals surface area contributed by atoms with Gasteiger partial charge in [0.15, 0.2) is 0 Å². The van der Waals surface area contributed by atoms with Crippen LogP contribution in [0.5, 0.6) is 0 Å². The van der Waals surface area contributed by atoms with Gasteiger partial charge in [0.25, 0.3) is 10.0 Å². The molecule has 1 heterocycles. The first-order valence-electron chi connectivity index (χ1n) is 5.52. The Morgan fingerprint density at radius 2 is 1.95 bits per heavy atom. The van der Waals surface area contributed by atoms with Crippen LogP contribution in [0.3, 0.4) is 0 Å². The number of nitrogens with one attached hydrogen (secondary N) is 1. The van der Waals surface area contributed by atoms with Crippen molar-refractivity contribution in [3.63, 3.8) is 0 Å². The van der Waals surface area contributed by atoms with Gasteiger partial charge in [-0.1, -0.05) is 6.07 Å². The molecule has 108 valence electrons. The summed E-state index contributed by atoms with van der Waals surface area (Å²) in [4.78, 5) is 0. The van der Waals surface area contributed by atoms with Crippen LogP contribution in [0, 0.1) is 11.6 Å². The number of thiophene rings is 1. The Kier molecular flexibility index (Phi) is 4.58. The van der Waals surface area contributed by atoms with Crippen molar-refractivity contribution in [1.82, 2.24) is 4.72 Å². The summed E-state index contributed by atoms with van der Waals surface area (Å²) >= 11 is 4.23. The molecule has 0 radical (unpaired) electrons. The summed E-state index contributed by atoms with van der Waals surface area (Å²) in [7, 11) is -3.74. The largest absolute Gasteiger partial charge is 0.250 e. The Morgan fingerprint density at radius 1 is 1.25 bits per heavy atom. The smallest absolute Gasteiger partial charge is 0.207 e. The number of hydrogen-bond acceptors (Lipinski definition) is 3. The van der Waals surface area contributed by atoms with Crippen molar-refractivity contribution in [2.45, 2.75) is 17.2 Å². The third-order valence-corrected chi connectivity index (χ3v) is 6.23. The van der Waals surface area contributed by atoms with Gasteiger partial charge in [-0.3, -0.25) is 0 Å². The van der Waals surface area contributed by atoms with Crippen molar-refractivity contribution in [2.24, 2.45) is 0 Å². The van der Waals surface area contributed by atoms with E-state index in [0.29, 0.717) is 3.79 Å². The first kappa shape index (κ1) is 15.6. The van der Waals surface area contributed by atoms with Crippen molar-refractivity contribution in [3.05, 3.63) is 51.3 Å². The van der Waals surface area contributed by atoms with Crippen LogP contribution in [0.25, 0.3) is 0 Å². The van der Waals surface area contributed by atoms with E-state index < -0.39 is 27.7 Å². The van der Waals surface area contributed by atoms with Crippen LogP contribution < -0.4 is 4.72 Å². The molecule has 8 heteroatoms. The Balaban J connectivity index is 2.25. The molecule has 0 unspecified atom stereocenters. The highest BCUT2D eigenvalue weighted by Gasteiger charge is 2.22. The topological polar surface area (TPSA) is 46.2 Å². The number of halogens is 3. The highest BCUT2D eigenvalue weighted by molar-refractivity contribution is 9.11. The van der Waals surface area contributed by atoms with Gasteiger partial charge in [-0.2, -0.15) is 0 Å². The van der Waals surface area contributed by atoms with E-state index >= 15 is 0 Å². The number of hydrogen-bond donors (Lipinski definition) is 1. The Morgan fingerprint density at radius 3 is 2.50 bits per heavy atom. The van der Waals surface area contributed by atoms with Gasteiger partial charge in [-0.05, 0) is 41.1 Å². The second-order valence-electron chi connectivity index (χ2n) is 4.07. The van der Waals surface area contributed by atoms with E-state index in [2.05, 4.69) is 20.7 Å². The molecule has 0 fully saturated rings. The van der Waals surface area contributed by atoms with E-state index in [4.69, 9.17) is 0 Å². The molecule has 0 bridgehead atoms. The summed E-state index contributed by atoms with van der Waals surface area (Å²) < 4.78 is 53.8. The number of sulfonamides is 1. The molecule has 1 N–H and O–H groups in total. The quantitative estimate of drug-likeness (QED) is 0.874. The van der Waals surface area contributed by atoms with E-state index in [1.165, 1.54) is 19.1 Å². The summed E-state index contributed by atoms with van der Waals surface area (Å²) in [5, 5.41) is 0. The van der Waals surface area contributed by atoms with Gasteiger partial charge in [0, 0.05) is 17.7 Å². The predicted octanol–water partition coefficient (Wildman–Crippen LogP) is 3.83. The molecule has 0 saturated heterocycles. The average Bonchev–Trinajstić information content (AvgIpc) is 2.75. The molecule has 1 aromatic carbocycles. The van der Waals surface area contributed by atoms with Gasteiger partial charge in [0.05, 0.1) is 3.79 Å². The second kappa shape index (κ2) is 5.88. The zero-order valence-corrected chi connectivity index (χ0v) is 13.4. The fraction of sp³-hybridized carbons (Fsp3) is 0.167. The van der Waals surface area contributed by atoms with Crippen LogP contribution >= 0.6 is 27.3 Å². The molecule has 0 aliphatic heterocycles. The van der Waals surface area contributed by atoms with Crippen LogP contribution in [-0.2, 0) is 10.0 Å². The van der Waals surface area contributed by atoms with Crippen LogP contribution in [0.4, 0.5) is 8.78 Å². The van der Waals surface area contributed by atoms with Crippen molar-refractivity contribution < 1.29 is 17.2 Å².